The number of aryl methyl sites for hydroxylation is 1. The third-order valence-corrected chi connectivity index (χ3v) is 2.11. The van der Waals surface area contributed by atoms with E-state index in [0.29, 0.717) is 11.4 Å². The Morgan fingerprint density at radius 1 is 1.54 bits per heavy atom. The second-order valence-electron chi connectivity index (χ2n) is 2.69. The Morgan fingerprint density at radius 3 is 2.85 bits per heavy atom. The Labute approximate surface area is 82.9 Å². The molecule has 1 N–H and O–H groups in total. The van der Waals surface area contributed by atoms with E-state index in [4.69, 9.17) is 11.6 Å². The monoisotopic (exact) mass is 197 g/mol. The molecule has 3 heteroatoms. The lowest BCUT2D eigenvalue weighted by Crippen LogP contribution is -2.00. The van der Waals surface area contributed by atoms with Gasteiger partial charge in [-0.1, -0.05) is 12.1 Å². The highest BCUT2D eigenvalue weighted by Crippen LogP contribution is 2.19. The van der Waals surface area contributed by atoms with E-state index in [0.717, 1.165) is 24.0 Å². The van der Waals surface area contributed by atoms with Gasteiger partial charge in [0.15, 0.2) is 6.29 Å². The van der Waals surface area contributed by atoms with Crippen molar-refractivity contribution >= 4 is 23.6 Å². The maximum absolute atomic E-state index is 10.7. The fourth-order valence-corrected chi connectivity index (χ4v) is 1.54. The van der Waals surface area contributed by atoms with E-state index >= 15 is 0 Å². The molecule has 0 atom stereocenters. The van der Waals surface area contributed by atoms with Crippen LogP contribution in [0.1, 0.15) is 15.9 Å². The van der Waals surface area contributed by atoms with Crippen LogP contribution in [0.4, 0.5) is 5.69 Å². The summed E-state index contributed by atoms with van der Waals surface area (Å²) in [5.74, 6) is 0.566. The number of carbonyl (C=O) groups is 1. The van der Waals surface area contributed by atoms with E-state index in [1.807, 2.05) is 12.1 Å². The fourth-order valence-electron chi connectivity index (χ4n) is 1.33. The zero-order chi connectivity index (χ0) is 9.68. The predicted octanol–water partition coefficient (Wildman–Crippen LogP) is 2.32. The molecule has 0 unspecified atom stereocenters. The Kier molecular flexibility index (Phi) is 3.77. The van der Waals surface area contributed by atoms with Crippen molar-refractivity contribution in [3.05, 3.63) is 29.3 Å². The summed E-state index contributed by atoms with van der Waals surface area (Å²) in [5, 5.41) is 3.01. The van der Waals surface area contributed by atoms with E-state index < -0.39 is 0 Å². The summed E-state index contributed by atoms with van der Waals surface area (Å²) in [6.07, 6.45) is 1.63. The minimum Gasteiger partial charge on any atom is -0.387 e. The molecule has 0 bridgehead atoms. The summed E-state index contributed by atoms with van der Waals surface area (Å²) in [5.41, 5.74) is 2.66. The van der Waals surface area contributed by atoms with Gasteiger partial charge in [-0.15, -0.1) is 11.6 Å². The molecule has 0 radical (unpaired) electrons. The number of nitrogens with one attached hydrogen (secondary N) is 1. The molecule has 1 aromatic carbocycles. The molecule has 0 aliphatic carbocycles. The van der Waals surface area contributed by atoms with Crippen molar-refractivity contribution in [2.75, 3.05) is 18.2 Å². The topological polar surface area (TPSA) is 29.1 Å². The second-order valence-corrected chi connectivity index (χ2v) is 3.07. The van der Waals surface area contributed by atoms with Gasteiger partial charge in [-0.3, -0.25) is 4.79 Å². The quantitative estimate of drug-likeness (QED) is 0.593. The summed E-state index contributed by atoms with van der Waals surface area (Å²) in [7, 11) is 1.81. The normalized spacial score (nSPS) is 9.69. The van der Waals surface area contributed by atoms with Gasteiger partial charge >= 0.3 is 0 Å². The highest BCUT2D eigenvalue weighted by molar-refractivity contribution is 6.18. The van der Waals surface area contributed by atoms with Crippen molar-refractivity contribution in [1.29, 1.82) is 0 Å². The Hall–Kier alpha value is -1.02. The number of hydrogen-bond donors (Lipinski definition) is 1. The SMILES string of the molecule is CNc1c(C=O)cccc1CCCl. The largest absolute Gasteiger partial charge is 0.387 e. The van der Waals surface area contributed by atoms with E-state index in [1.165, 1.54) is 0 Å². The molecule has 0 spiro atoms. The number of aldehydes is 1. The van der Waals surface area contributed by atoms with Crippen LogP contribution in [0, 0.1) is 0 Å². The average Bonchev–Trinajstić information content (AvgIpc) is 2.18. The number of alkyl halides is 1. The summed E-state index contributed by atoms with van der Waals surface area (Å²) in [6, 6.07) is 5.63. The first-order valence-corrected chi connectivity index (χ1v) is 4.67. The molecule has 0 saturated carbocycles. The zero-order valence-electron chi connectivity index (χ0n) is 7.51. The molecule has 0 aliphatic heterocycles. The number of hydrogen-bond acceptors (Lipinski definition) is 2. The molecule has 0 aliphatic rings. The lowest BCUT2D eigenvalue weighted by molar-refractivity contribution is 0.112. The molecule has 13 heavy (non-hydrogen) atoms. The standard InChI is InChI=1S/C10H12ClNO/c1-12-10-8(5-6-11)3-2-4-9(10)7-13/h2-4,7,12H,5-6H2,1H3. The molecule has 0 heterocycles. The van der Waals surface area contributed by atoms with Gasteiger partial charge in [0.25, 0.3) is 0 Å². The first-order chi connectivity index (χ1) is 6.33. The number of benzene rings is 1. The molecular weight excluding hydrogens is 186 g/mol. The van der Waals surface area contributed by atoms with Crippen LogP contribution in [0.5, 0.6) is 0 Å². The van der Waals surface area contributed by atoms with E-state index in [-0.39, 0.29) is 0 Å². The summed E-state index contributed by atoms with van der Waals surface area (Å²) in [6.45, 7) is 0. The summed E-state index contributed by atoms with van der Waals surface area (Å²) < 4.78 is 0. The van der Waals surface area contributed by atoms with E-state index in [2.05, 4.69) is 5.32 Å². The van der Waals surface area contributed by atoms with Gasteiger partial charge in [0, 0.05) is 24.2 Å². The molecule has 1 rings (SSSR count). The van der Waals surface area contributed by atoms with E-state index in [9.17, 15) is 4.79 Å². The van der Waals surface area contributed by atoms with Crippen LogP contribution >= 0.6 is 11.6 Å². The Bertz CT molecular complexity index is 299. The zero-order valence-corrected chi connectivity index (χ0v) is 8.27. The summed E-state index contributed by atoms with van der Waals surface area (Å²) in [4.78, 5) is 10.7. The van der Waals surface area contributed by atoms with Crippen LogP contribution in [-0.4, -0.2) is 19.2 Å². The minimum absolute atomic E-state index is 0.566. The number of anilines is 1. The van der Waals surface area contributed by atoms with Gasteiger partial charge in [-0.05, 0) is 18.1 Å². The Morgan fingerprint density at radius 2 is 2.31 bits per heavy atom. The summed E-state index contributed by atoms with van der Waals surface area (Å²) >= 11 is 5.64. The fraction of sp³-hybridized carbons (Fsp3) is 0.300. The maximum Gasteiger partial charge on any atom is 0.152 e. The van der Waals surface area contributed by atoms with Crippen LogP contribution in [0.3, 0.4) is 0 Å². The molecule has 0 amide bonds. The van der Waals surface area contributed by atoms with Crippen molar-refractivity contribution in [3.63, 3.8) is 0 Å². The smallest absolute Gasteiger partial charge is 0.152 e. The number of para-hydroxylation sites is 1. The first-order valence-electron chi connectivity index (χ1n) is 4.14. The van der Waals surface area contributed by atoms with Gasteiger partial charge in [0.1, 0.15) is 0 Å². The van der Waals surface area contributed by atoms with Crippen molar-refractivity contribution in [3.8, 4) is 0 Å². The van der Waals surface area contributed by atoms with Crippen molar-refractivity contribution in [2.24, 2.45) is 0 Å². The average molecular weight is 198 g/mol. The van der Waals surface area contributed by atoms with Crippen molar-refractivity contribution in [1.82, 2.24) is 0 Å². The van der Waals surface area contributed by atoms with Crippen LogP contribution in [0.25, 0.3) is 0 Å². The van der Waals surface area contributed by atoms with Crippen molar-refractivity contribution < 1.29 is 4.79 Å². The first kappa shape index (κ1) is 10.1. The Balaban J connectivity index is 3.10. The van der Waals surface area contributed by atoms with Crippen molar-refractivity contribution in [2.45, 2.75) is 6.42 Å². The van der Waals surface area contributed by atoms with Gasteiger partial charge in [-0.2, -0.15) is 0 Å². The van der Waals surface area contributed by atoms with Crippen LogP contribution in [0.15, 0.2) is 18.2 Å². The van der Waals surface area contributed by atoms with Gasteiger partial charge in [-0.25, -0.2) is 0 Å². The van der Waals surface area contributed by atoms with Gasteiger partial charge in [0.05, 0.1) is 0 Å². The highest BCUT2D eigenvalue weighted by atomic mass is 35.5. The van der Waals surface area contributed by atoms with Gasteiger partial charge in [0.2, 0.25) is 0 Å². The lowest BCUT2D eigenvalue weighted by Gasteiger charge is -2.09. The predicted molar refractivity (Wildman–Crippen MR) is 55.8 cm³/mol. The van der Waals surface area contributed by atoms with Gasteiger partial charge < -0.3 is 5.32 Å². The number of carbonyl (C=O) groups excluding carboxylic acids is 1. The number of rotatable bonds is 4. The molecule has 0 fully saturated rings. The molecular formula is C10H12ClNO. The number of halogens is 1. The third kappa shape index (κ3) is 2.22. The van der Waals surface area contributed by atoms with Crippen LogP contribution in [0.2, 0.25) is 0 Å². The minimum atomic E-state index is 0.566. The highest BCUT2D eigenvalue weighted by Gasteiger charge is 2.04. The molecule has 70 valence electrons. The lowest BCUT2D eigenvalue weighted by atomic mass is 10.1. The molecule has 0 saturated heterocycles. The maximum atomic E-state index is 10.7. The van der Waals surface area contributed by atoms with Crippen LogP contribution in [-0.2, 0) is 6.42 Å². The molecule has 2 nitrogen and oxygen atoms in total. The van der Waals surface area contributed by atoms with E-state index in [1.54, 1.807) is 13.1 Å². The second kappa shape index (κ2) is 4.87. The van der Waals surface area contributed by atoms with Crippen LogP contribution < -0.4 is 5.32 Å². The molecule has 0 aromatic heterocycles. The molecule has 1 aromatic rings. The third-order valence-electron chi connectivity index (χ3n) is 1.92.